The first kappa shape index (κ1) is 23.0. The molecule has 0 radical (unpaired) electrons. The number of nitrogen functional groups attached to an aromatic ring is 1. The molecule has 2 atom stereocenters. The Balaban J connectivity index is 0.00000264. The largest absolute Gasteiger partial charge is 0.399 e. The van der Waals surface area contributed by atoms with Crippen molar-refractivity contribution >= 4 is 36.4 Å². The van der Waals surface area contributed by atoms with Gasteiger partial charge in [-0.05, 0) is 44.9 Å². The summed E-state index contributed by atoms with van der Waals surface area (Å²) in [4.78, 5) is 14.6. The van der Waals surface area contributed by atoms with Crippen molar-refractivity contribution in [1.29, 1.82) is 0 Å². The zero-order chi connectivity index (χ0) is 16.1. The number of nitrogens with two attached hydrogens (primary N) is 1. The molecule has 1 aromatic rings. The summed E-state index contributed by atoms with van der Waals surface area (Å²) in [5.74, 6) is -0.0477. The van der Waals surface area contributed by atoms with Crippen molar-refractivity contribution in [3.05, 3.63) is 29.3 Å². The fraction of sp³-hybridized carbons (Fsp3) is 0.588. The lowest BCUT2D eigenvalue weighted by Gasteiger charge is -2.35. The molecule has 0 saturated carbocycles. The monoisotopic (exact) mass is 377 g/mol. The van der Waals surface area contributed by atoms with Gasteiger partial charge in [-0.2, -0.15) is 0 Å². The van der Waals surface area contributed by atoms with E-state index in [9.17, 15) is 4.79 Å². The van der Waals surface area contributed by atoms with Gasteiger partial charge in [-0.15, -0.1) is 24.8 Å². The zero-order valence-electron chi connectivity index (χ0n) is 14.6. The van der Waals surface area contributed by atoms with Gasteiger partial charge in [0.2, 0.25) is 0 Å². The third-order valence-electron chi connectivity index (χ3n) is 3.94. The quantitative estimate of drug-likeness (QED) is 0.611. The highest BCUT2D eigenvalue weighted by molar-refractivity contribution is 5.96. The Bertz CT molecular complexity index is 519. The van der Waals surface area contributed by atoms with Gasteiger partial charge < -0.3 is 15.8 Å². The van der Waals surface area contributed by atoms with Crippen molar-refractivity contribution in [3.63, 3.8) is 0 Å². The number of hydrogen-bond acceptors (Lipinski definition) is 4. The number of rotatable bonds is 5. The van der Waals surface area contributed by atoms with Crippen LogP contribution in [0.1, 0.15) is 36.2 Å². The van der Waals surface area contributed by atoms with Crippen LogP contribution in [0.15, 0.2) is 18.2 Å². The molecular weight excluding hydrogens is 349 g/mol. The minimum atomic E-state index is -0.0477. The number of amides is 1. The van der Waals surface area contributed by atoms with Crippen LogP contribution < -0.4 is 11.1 Å². The average Bonchev–Trinajstić information content (AvgIpc) is 2.45. The second-order valence-corrected chi connectivity index (χ2v) is 6.20. The third-order valence-corrected chi connectivity index (χ3v) is 3.94. The van der Waals surface area contributed by atoms with Gasteiger partial charge in [0, 0.05) is 37.4 Å². The number of nitrogens with zero attached hydrogens (tertiary/aromatic N) is 1. The molecule has 0 spiro atoms. The van der Waals surface area contributed by atoms with E-state index >= 15 is 0 Å². The summed E-state index contributed by atoms with van der Waals surface area (Å²) in [6, 6.07) is 5.42. The van der Waals surface area contributed by atoms with Crippen molar-refractivity contribution < 1.29 is 9.53 Å². The summed E-state index contributed by atoms with van der Waals surface area (Å²) in [6.07, 6.45) is 1.51. The molecule has 24 heavy (non-hydrogen) atoms. The Labute approximate surface area is 157 Å². The molecule has 1 saturated heterocycles. The Kier molecular flexibility index (Phi) is 10.3. The van der Waals surface area contributed by atoms with E-state index in [4.69, 9.17) is 10.5 Å². The fourth-order valence-electron chi connectivity index (χ4n) is 2.95. The summed E-state index contributed by atoms with van der Waals surface area (Å²) in [5, 5.41) is 2.98. The predicted octanol–water partition coefficient (Wildman–Crippen LogP) is 2.65. The summed E-state index contributed by atoms with van der Waals surface area (Å²) < 4.78 is 5.72. The van der Waals surface area contributed by atoms with Gasteiger partial charge in [-0.3, -0.25) is 9.69 Å². The van der Waals surface area contributed by atoms with Crippen molar-refractivity contribution in [3.8, 4) is 0 Å². The van der Waals surface area contributed by atoms with E-state index in [-0.39, 0.29) is 42.9 Å². The summed E-state index contributed by atoms with van der Waals surface area (Å²) in [7, 11) is 0. The number of morpholine rings is 1. The highest BCUT2D eigenvalue weighted by Crippen LogP contribution is 2.13. The van der Waals surface area contributed by atoms with Gasteiger partial charge in [0.1, 0.15) is 0 Å². The molecule has 1 aliphatic heterocycles. The van der Waals surface area contributed by atoms with Crippen LogP contribution in [0.25, 0.3) is 0 Å². The summed E-state index contributed by atoms with van der Waals surface area (Å²) in [6.45, 7) is 9.71. The van der Waals surface area contributed by atoms with Gasteiger partial charge in [0.05, 0.1) is 12.2 Å². The minimum absolute atomic E-state index is 0. The molecule has 2 rings (SSSR count). The Morgan fingerprint density at radius 2 is 1.92 bits per heavy atom. The van der Waals surface area contributed by atoms with E-state index in [0.29, 0.717) is 17.8 Å². The number of aryl methyl sites for hydroxylation is 1. The molecule has 0 aromatic heterocycles. The first-order valence-electron chi connectivity index (χ1n) is 7.98. The standard InChI is InChI=1S/C17H27N3O2.2ClH/c1-12-5-6-15(18)9-16(12)17(21)19-7-4-8-20-10-13(2)22-14(3)11-20;;/h5-6,9,13-14H,4,7-8,10-11,18H2,1-3H3,(H,19,21);2*1H. The molecule has 3 N–H and O–H groups in total. The number of halogens is 2. The van der Waals surface area contributed by atoms with Crippen LogP contribution in [-0.2, 0) is 4.74 Å². The van der Waals surface area contributed by atoms with E-state index < -0.39 is 0 Å². The number of benzene rings is 1. The molecule has 138 valence electrons. The van der Waals surface area contributed by atoms with E-state index in [1.807, 2.05) is 19.1 Å². The second-order valence-electron chi connectivity index (χ2n) is 6.20. The molecule has 7 heteroatoms. The maximum atomic E-state index is 12.2. The molecule has 5 nitrogen and oxygen atoms in total. The minimum Gasteiger partial charge on any atom is -0.399 e. The van der Waals surface area contributed by atoms with Crippen LogP contribution in [0, 0.1) is 6.92 Å². The maximum absolute atomic E-state index is 12.2. The van der Waals surface area contributed by atoms with Crippen molar-refractivity contribution in [1.82, 2.24) is 10.2 Å². The molecule has 1 fully saturated rings. The molecular formula is C17H29Cl2N3O2. The molecule has 1 heterocycles. The molecule has 1 amide bonds. The number of nitrogens with one attached hydrogen (secondary N) is 1. The van der Waals surface area contributed by atoms with Gasteiger partial charge in [-0.1, -0.05) is 6.07 Å². The highest BCUT2D eigenvalue weighted by atomic mass is 35.5. The predicted molar refractivity (Wildman–Crippen MR) is 103 cm³/mol. The second kappa shape index (κ2) is 10.8. The van der Waals surface area contributed by atoms with Crippen molar-refractivity contribution in [2.75, 3.05) is 31.9 Å². The van der Waals surface area contributed by atoms with Gasteiger partial charge in [0.15, 0.2) is 0 Å². The smallest absolute Gasteiger partial charge is 0.251 e. The van der Waals surface area contributed by atoms with Crippen molar-refractivity contribution in [2.45, 2.75) is 39.4 Å². The van der Waals surface area contributed by atoms with Crippen molar-refractivity contribution in [2.24, 2.45) is 0 Å². The normalized spacial score (nSPS) is 20.6. The molecule has 1 aromatic carbocycles. The number of anilines is 1. The SMILES string of the molecule is Cc1ccc(N)cc1C(=O)NCCCN1CC(C)OC(C)C1.Cl.Cl. The van der Waals surface area contributed by atoms with E-state index in [2.05, 4.69) is 24.1 Å². The zero-order valence-corrected chi connectivity index (χ0v) is 16.2. The topological polar surface area (TPSA) is 67.6 Å². The first-order valence-corrected chi connectivity index (χ1v) is 7.98. The average molecular weight is 378 g/mol. The highest BCUT2D eigenvalue weighted by Gasteiger charge is 2.21. The summed E-state index contributed by atoms with van der Waals surface area (Å²) in [5.41, 5.74) is 7.97. The van der Waals surface area contributed by atoms with Gasteiger partial charge in [0.25, 0.3) is 5.91 Å². The van der Waals surface area contributed by atoms with E-state index in [1.54, 1.807) is 6.07 Å². The third kappa shape index (κ3) is 6.85. The Hall–Kier alpha value is -1.01. The Morgan fingerprint density at radius 1 is 1.29 bits per heavy atom. The molecule has 0 bridgehead atoms. The van der Waals surface area contributed by atoms with Crippen LogP contribution in [0.3, 0.4) is 0 Å². The first-order chi connectivity index (χ1) is 10.5. The van der Waals surface area contributed by atoms with Crippen LogP contribution >= 0.6 is 24.8 Å². The van der Waals surface area contributed by atoms with Crippen LogP contribution in [0.4, 0.5) is 5.69 Å². The lowest BCUT2D eigenvalue weighted by Crippen LogP contribution is -2.46. The molecule has 2 unspecified atom stereocenters. The summed E-state index contributed by atoms with van der Waals surface area (Å²) >= 11 is 0. The lowest BCUT2D eigenvalue weighted by atomic mass is 10.1. The lowest BCUT2D eigenvalue weighted by molar-refractivity contribution is -0.0679. The van der Waals surface area contributed by atoms with E-state index in [1.165, 1.54) is 0 Å². The van der Waals surface area contributed by atoms with E-state index in [0.717, 1.165) is 31.6 Å². The number of carbonyl (C=O) groups excluding carboxylic acids is 1. The fourth-order valence-corrected chi connectivity index (χ4v) is 2.95. The number of ether oxygens (including phenoxy) is 1. The van der Waals surface area contributed by atoms with Gasteiger partial charge >= 0.3 is 0 Å². The van der Waals surface area contributed by atoms with Crippen LogP contribution in [0.5, 0.6) is 0 Å². The number of hydrogen-bond donors (Lipinski definition) is 2. The Morgan fingerprint density at radius 3 is 2.54 bits per heavy atom. The van der Waals surface area contributed by atoms with Crippen LogP contribution in [-0.4, -0.2) is 49.2 Å². The number of carbonyl (C=O) groups is 1. The molecule has 0 aliphatic carbocycles. The maximum Gasteiger partial charge on any atom is 0.251 e. The van der Waals surface area contributed by atoms with Gasteiger partial charge in [-0.25, -0.2) is 0 Å². The van der Waals surface area contributed by atoms with Crippen LogP contribution in [0.2, 0.25) is 0 Å². The molecule has 1 aliphatic rings.